The molecular weight excluding hydrogens is 429 g/mol. The highest BCUT2D eigenvalue weighted by Gasteiger charge is 2.26. The van der Waals surface area contributed by atoms with Crippen LogP contribution in [-0.4, -0.2) is 19.8 Å². The van der Waals surface area contributed by atoms with E-state index in [2.05, 4.69) is 20.1 Å². The van der Waals surface area contributed by atoms with Gasteiger partial charge in [-0.15, -0.1) is 0 Å². The summed E-state index contributed by atoms with van der Waals surface area (Å²) in [6, 6.07) is 5.84. The van der Waals surface area contributed by atoms with Crippen molar-refractivity contribution in [2.24, 2.45) is 5.92 Å². The minimum Gasteiger partial charge on any atom is -0.489 e. The van der Waals surface area contributed by atoms with E-state index < -0.39 is 23.9 Å². The summed E-state index contributed by atoms with van der Waals surface area (Å²) in [7, 11) is 0. The number of benzene rings is 2. The van der Waals surface area contributed by atoms with Crippen molar-refractivity contribution in [3.05, 3.63) is 72.3 Å². The average Bonchev–Trinajstić information content (AvgIpc) is 2.81. The van der Waals surface area contributed by atoms with Crippen LogP contribution in [0.15, 0.2) is 49.6 Å². The Balaban J connectivity index is 2.07. The van der Waals surface area contributed by atoms with Gasteiger partial charge in [0.2, 0.25) is 0 Å². The molecule has 3 nitrogen and oxygen atoms in total. The molecule has 0 aliphatic carbocycles. The van der Waals surface area contributed by atoms with Crippen LogP contribution in [0, 0.1) is 17.6 Å². The van der Waals surface area contributed by atoms with E-state index in [-0.39, 0.29) is 24.9 Å². The maximum Gasteiger partial charge on any atom is 0.132 e. The van der Waals surface area contributed by atoms with E-state index in [0.29, 0.717) is 29.6 Å². The van der Waals surface area contributed by atoms with Crippen molar-refractivity contribution in [2.45, 2.75) is 45.4 Å². The van der Waals surface area contributed by atoms with Crippen LogP contribution < -0.4 is 9.47 Å². The molecule has 33 heavy (non-hydrogen) atoms. The van der Waals surface area contributed by atoms with Crippen LogP contribution in [0.2, 0.25) is 0 Å². The molecule has 0 bridgehead atoms. The quantitative estimate of drug-likeness (QED) is 0.325. The fourth-order valence-electron chi connectivity index (χ4n) is 4.19. The lowest BCUT2D eigenvalue weighted by atomic mass is 9.90. The summed E-state index contributed by atoms with van der Waals surface area (Å²) in [6.07, 6.45) is 7.22. The molecule has 2 atom stereocenters. The molecule has 178 valence electrons. The Hall–Kier alpha value is -2.73. The topological polar surface area (TPSA) is 27.7 Å². The van der Waals surface area contributed by atoms with Gasteiger partial charge in [-0.25, -0.2) is 13.2 Å². The highest BCUT2D eigenvalue weighted by Crippen LogP contribution is 2.44. The Morgan fingerprint density at radius 3 is 2.06 bits per heavy atom. The molecule has 1 aliphatic rings. The predicted octanol–water partition coefficient (Wildman–Crippen LogP) is 7.50. The van der Waals surface area contributed by atoms with Gasteiger partial charge in [-0.2, -0.15) is 0 Å². The van der Waals surface area contributed by atoms with E-state index >= 15 is 0 Å². The van der Waals surface area contributed by atoms with Gasteiger partial charge in [0.05, 0.1) is 23.8 Å². The van der Waals surface area contributed by atoms with Gasteiger partial charge in [0.1, 0.15) is 43.0 Å². The van der Waals surface area contributed by atoms with Gasteiger partial charge < -0.3 is 14.2 Å². The van der Waals surface area contributed by atoms with E-state index in [0.717, 1.165) is 43.4 Å². The van der Waals surface area contributed by atoms with Gasteiger partial charge in [0.15, 0.2) is 0 Å². The molecule has 2 aromatic carbocycles. The van der Waals surface area contributed by atoms with Crippen LogP contribution in [-0.2, 0) is 11.4 Å². The molecule has 0 saturated carbocycles. The first-order valence-electron chi connectivity index (χ1n) is 11.3. The number of hydrogen-bond acceptors (Lipinski definition) is 3. The first kappa shape index (κ1) is 24.9. The molecule has 1 saturated heterocycles. The number of alkyl halides is 1. The Kier molecular flexibility index (Phi) is 9.01. The second-order valence-electron chi connectivity index (χ2n) is 8.20. The second kappa shape index (κ2) is 11.9. The Bertz CT molecular complexity index is 909. The third-order valence-electron chi connectivity index (χ3n) is 5.80. The lowest BCUT2D eigenvalue weighted by Crippen LogP contribution is -2.20. The normalized spacial score (nSPS) is 18.1. The summed E-state index contributed by atoms with van der Waals surface area (Å²) in [5, 5.41) is 0. The number of rotatable bonds is 11. The van der Waals surface area contributed by atoms with Crippen LogP contribution in [0.25, 0.3) is 11.1 Å². The summed E-state index contributed by atoms with van der Waals surface area (Å²) in [4.78, 5) is 0. The molecule has 0 amide bonds. The predicted molar refractivity (Wildman–Crippen MR) is 124 cm³/mol. The van der Waals surface area contributed by atoms with Crippen molar-refractivity contribution in [3.63, 3.8) is 0 Å². The van der Waals surface area contributed by atoms with E-state index in [1.165, 1.54) is 0 Å². The van der Waals surface area contributed by atoms with E-state index in [1.54, 1.807) is 12.2 Å². The third-order valence-corrected chi connectivity index (χ3v) is 5.80. The van der Waals surface area contributed by atoms with Gasteiger partial charge in [-0.3, -0.25) is 0 Å². The van der Waals surface area contributed by atoms with Crippen molar-refractivity contribution in [3.8, 4) is 22.6 Å². The summed E-state index contributed by atoms with van der Waals surface area (Å²) < 4.78 is 59.8. The molecule has 3 rings (SSSR count). The maximum absolute atomic E-state index is 14.4. The van der Waals surface area contributed by atoms with E-state index in [4.69, 9.17) is 14.2 Å². The Morgan fingerprint density at radius 1 is 1.00 bits per heavy atom. The molecule has 0 aromatic heterocycles. The highest BCUT2D eigenvalue weighted by molar-refractivity contribution is 5.78. The molecule has 1 heterocycles. The maximum atomic E-state index is 14.4. The van der Waals surface area contributed by atoms with Gasteiger partial charge in [-0.1, -0.05) is 38.7 Å². The molecule has 1 aliphatic heterocycles. The zero-order chi connectivity index (χ0) is 23.8. The molecule has 6 heteroatoms. The third kappa shape index (κ3) is 5.99. The first-order chi connectivity index (χ1) is 16.0. The van der Waals surface area contributed by atoms with Gasteiger partial charge >= 0.3 is 0 Å². The SMILES string of the molecule is C=CCOc1cc(C2CC[C@@H](CCC)CO2)cc(OCC=C)c1-c1cc(F)c(CF)c(F)c1. The molecule has 1 unspecified atom stereocenters. The molecule has 1 fully saturated rings. The summed E-state index contributed by atoms with van der Waals surface area (Å²) in [5.41, 5.74) is 0.840. The largest absolute Gasteiger partial charge is 0.489 e. The minimum absolute atomic E-state index is 0.133. The molecule has 2 aromatic rings. The molecule has 0 radical (unpaired) electrons. The monoisotopic (exact) mass is 460 g/mol. The van der Waals surface area contributed by atoms with E-state index in [9.17, 15) is 13.2 Å². The Labute approximate surface area is 193 Å². The van der Waals surface area contributed by atoms with Crippen molar-refractivity contribution in [1.29, 1.82) is 0 Å². The van der Waals surface area contributed by atoms with Crippen LogP contribution >= 0.6 is 0 Å². The fourth-order valence-corrected chi connectivity index (χ4v) is 4.19. The Morgan fingerprint density at radius 2 is 1.61 bits per heavy atom. The molecule has 0 spiro atoms. The average molecular weight is 461 g/mol. The first-order valence-corrected chi connectivity index (χ1v) is 11.3. The zero-order valence-corrected chi connectivity index (χ0v) is 19.0. The van der Waals surface area contributed by atoms with Gasteiger partial charge in [0, 0.05) is 0 Å². The number of halogens is 3. The molecule has 0 N–H and O–H groups in total. The number of ether oxygens (including phenoxy) is 3. The lowest BCUT2D eigenvalue weighted by molar-refractivity contribution is -0.0196. The van der Waals surface area contributed by atoms with Crippen LogP contribution in [0.5, 0.6) is 11.5 Å². The van der Waals surface area contributed by atoms with Crippen LogP contribution in [0.4, 0.5) is 13.2 Å². The fraction of sp³-hybridized carbons (Fsp3) is 0.407. The minimum atomic E-state index is -1.23. The smallest absolute Gasteiger partial charge is 0.132 e. The molecular formula is C27H31F3O3. The van der Waals surface area contributed by atoms with E-state index in [1.807, 2.05) is 12.1 Å². The summed E-state index contributed by atoms with van der Waals surface area (Å²) in [5.74, 6) is -0.592. The summed E-state index contributed by atoms with van der Waals surface area (Å²) in [6.45, 7) is 9.38. The van der Waals surface area contributed by atoms with Crippen molar-refractivity contribution in [2.75, 3.05) is 19.8 Å². The standard InChI is InChI=1S/C27H31F3O3/c1-4-7-18-8-9-24(33-17-18)19-14-25(31-10-5-2)27(26(15-19)32-11-6-3)20-12-22(29)21(16-28)23(30)13-20/h5-6,12-15,18,24H,2-4,7-11,16-17H2,1H3/t18-,24?/m1/s1. The van der Waals surface area contributed by atoms with Gasteiger partial charge in [-0.05, 0) is 60.6 Å². The zero-order valence-electron chi connectivity index (χ0n) is 19.0. The number of hydrogen-bond donors (Lipinski definition) is 0. The lowest BCUT2D eigenvalue weighted by Gasteiger charge is -2.30. The second-order valence-corrected chi connectivity index (χ2v) is 8.20. The van der Waals surface area contributed by atoms with Crippen LogP contribution in [0.3, 0.4) is 0 Å². The summed E-state index contributed by atoms with van der Waals surface area (Å²) >= 11 is 0. The van der Waals surface area contributed by atoms with Gasteiger partial charge in [0.25, 0.3) is 0 Å². The van der Waals surface area contributed by atoms with Crippen molar-refractivity contribution in [1.82, 2.24) is 0 Å². The highest BCUT2D eigenvalue weighted by atomic mass is 19.1. The van der Waals surface area contributed by atoms with Crippen LogP contribution in [0.1, 0.15) is 49.8 Å². The van der Waals surface area contributed by atoms with Crippen molar-refractivity contribution < 1.29 is 27.4 Å². The van der Waals surface area contributed by atoms with Crippen molar-refractivity contribution >= 4 is 0 Å².